The van der Waals surface area contributed by atoms with Crippen LogP contribution in [0, 0.1) is 0 Å². The van der Waals surface area contributed by atoms with Crippen LogP contribution in [0.5, 0.6) is 0 Å². The van der Waals surface area contributed by atoms with Gasteiger partial charge in [0.2, 0.25) is 0 Å². The molecule has 0 aromatic carbocycles. The summed E-state index contributed by atoms with van der Waals surface area (Å²) < 4.78 is 6.49. The van der Waals surface area contributed by atoms with Crippen molar-refractivity contribution in [2.24, 2.45) is 0 Å². The lowest BCUT2D eigenvalue weighted by atomic mass is 10.2. The standard InChI is InChI=1S/C12H22N4O2/c1-6-8(7-2)16-10(13)9(12(17)18-5)11(14-16)15(3)4/h8H,6-7,13H2,1-5H3. The highest BCUT2D eigenvalue weighted by Crippen LogP contribution is 2.29. The summed E-state index contributed by atoms with van der Waals surface area (Å²) in [6.07, 6.45) is 1.83. The number of nitrogens with zero attached hydrogens (tertiary/aromatic N) is 3. The lowest BCUT2D eigenvalue weighted by Gasteiger charge is -2.14. The van der Waals surface area contributed by atoms with Gasteiger partial charge in [-0.1, -0.05) is 13.8 Å². The average Bonchev–Trinajstić information content (AvgIpc) is 2.68. The minimum atomic E-state index is -0.451. The van der Waals surface area contributed by atoms with Crippen LogP contribution in [0.1, 0.15) is 43.1 Å². The molecule has 0 unspecified atom stereocenters. The third kappa shape index (κ3) is 2.42. The number of aromatic nitrogens is 2. The van der Waals surface area contributed by atoms with E-state index in [2.05, 4.69) is 18.9 Å². The lowest BCUT2D eigenvalue weighted by Crippen LogP contribution is -2.14. The van der Waals surface area contributed by atoms with Crippen LogP contribution >= 0.6 is 0 Å². The highest BCUT2D eigenvalue weighted by molar-refractivity contribution is 5.99. The molecular formula is C12H22N4O2. The predicted molar refractivity (Wildman–Crippen MR) is 71.9 cm³/mol. The van der Waals surface area contributed by atoms with E-state index in [1.54, 1.807) is 9.58 Å². The first-order chi connectivity index (χ1) is 8.47. The summed E-state index contributed by atoms with van der Waals surface area (Å²) >= 11 is 0. The van der Waals surface area contributed by atoms with Crippen molar-refractivity contribution in [3.05, 3.63) is 5.56 Å². The number of hydrogen-bond donors (Lipinski definition) is 1. The molecule has 1 aromatic heterocycles. The normalized spacial score (nSPS) is 10.8. The molecule has 1 aromatic rings. The Labute approximate surface area is 108 Å². The van der Waals surface area contributed by atoms with Crippen molar-refractivity contribution in [1.29, 1.82) is 0 Å². The van der Waals surface area contributed by atoms with Gasteiger partial charge in [0.05, 0.1) is 13.2 Å². The number of rotatable bonds is 5. The van der Waals surface area contributed by atoms with Crippen LogP contribution in [0.2, 0.25) is 0 Å². The number of anilines is 2. The van der Waals surface area contributed by atoms with Crippen molar-refractivity contribution in [3.63, 3.8) is 0 Å². The Bertz CT molecular complexity index is 422. The second-order valence-corrected chi connectivity index (χ2v) is 4.38. The van der Waals surface area contributed by atoms with E-state index in [0.717, 1.165) is 12.8 Å². The minimum absolute atomic E-state index is 0.196. The number of ether oxygens (including phenoxy) is 1. The largest absolute Gasteiger partial charge is 0.465 e. The zero-order chi connectivity index (χ0) is 13.9. The van der Waals surface area contributed by atoms with Gasteiger partial charge in [-0.3, -0.25) is 0 Å². The van der Waals surface area contributed by atoms with E-state index in [1.165, 1.54) is 7.11 Å². The number of nitrogens with two attached hydrogens (primary N) is 1. The molecule has 0 saturated carbocycles. The fourth-order valence-corrected chi connectivity index (χ4v) is 1.96. The summed E-state index contributed by atoms with van der Waals surface area (Å²) in [5.41, 5.74) is 6.39. The molecule has 0 aliphatic rings. The summed E-state index contributed by atoms with van der Waals surface area (Å²) in [7, 11) is 4.99. The van der Waals surface area contributed by atoms with E-state index in [1.807, 2.05) is 14.1 Å². The summed E-state index contributed by atoms with van der Waals surface area (Å²) in [5.74, 6) is 0.471. The molecule has 0 amide bonds. The number of nitrogen functional groups attached to an aromatic ring is 1. The maximum Gasteiger partial charge on any atom is 0.345 e. The van der Waals surface area contributed by atoms with Gasteiger partial charge in [0.25, 0.3) is 0 Å². The molecule has 2 N–H and O–H groups in total. The van der Waals surface area contributed by atoms with Crippen molar-refractivity contribution < 1.29 is 9.53 Å². The van der Waals surface area contributed by atoms with Gasteiger partial charge in [-0.25, -0.2) is 9.48 Å². The van der Waals surface area contributed by atoms with E-state index in [-0.39, 0.29) is 6.04 Å². The summed E-state index contributed by atoms with van der Waals surface area (Å²) in [5, 5.41) is 4.44. The molecule has 0 aliphatic carbocycles. The van der Waals surface area contributed by atoms with Gasteiger partial charge in [0, 0.05) is 14.1 Å². The number of methoxy groups -OCH3 is 1. The Hall–Kier alpha value is -1.72. The summed E-state index contributed by atoms with van der Waals surface area (Å²) in [6.45, 7) is 4.14. The minimum Gasteiger partial charge on any atom is -0.465 e. The SMILES string of the molecule is CCC(CC)n1nc(N(C)C)c(C(=O)OC)c1N. The quantitative estimate of drug-likeness (QED) is 0.809. The Morgan fingerprint density at radius 2 is 2.00 bits per heavy atom. The van der Waals surface area contributed by atoms with Gasteiger partial charge >= 0.3 is 5.97 Å². The van der Waals surface area contributed by atoms with Crippen LogP contribution in [0.4, 0.5) is 11.6 Å². The van der Waals surface area contributed by atoms with E-state index in [9.17, 15) is 4.79 Å². The molecule has 0 radical (unpaired) electrons. The molecule has 18 heavy (non-hydrogen) atoms. The van der Waals surface area contributed by atoms with Crippen molar-refractivity contribution in [2.45, 2.75) is 32.7 Å². The summed E-state index contributed by atoms with van der Waals surface area (Å²) in [6, 6.07) is 0.196. The van der Waals surface area contributed by atoms with E-state index in [0.29, 0.717) is 17.2 Å². The third-order valence-corrected chi connectivity index (χ3v) is 3.03. The molecule has 1 heterocycles. The fourth-order valence-electron chi connectivity index (χ4n) is 1.96. The van der Waals surface area contributed by atoms with Crippen molar-refractivity contribution in [2.75, 3.05) is 31.8 Å². The van der Waals surface area contributed by atoms with Crippen LogP contribution in [-0.2, 0) is 4.74 Å². The van der Waals surface area contributed by atoms with E-state index >= 15 is 0 Å². The van der Waals surface area contributed by atoms with Crippen LogP contribution in [0.15, 0.2) is 0 Å². The topological polar surface area (TPSA) is 73.4 Å². The number of carbonyl (C=O) groups is 1. The first kappa shape index (κ1) is 14.3. The zero-order valence-corrected chi connectivity index (χ0v) is 11.7. The lowest BCUT2D eigenvalue weighted by molar-refractivity contribution is 0.0602. The van der Waals surface area contributed by atoms with Crippen LogP contribution in [0.3, 0.4) is 0 Å². The Kier molecular flexibility index (Phi) is 4.58. The van der Waals surface area contributed by atoms with Crippen molar-refractivity contribution >= 4 is 17.6 Å². The van der Waals surface area contributed by atoms with Gasteiger partial charge in [0.1, 0.15) is 11.4 Å². The average molecular weight is 254 g/mol. The Balaban J connectivity index is 3.36. The fraction of sp³-hybridized carbons (Fsp3) is 0.667. The van der Waals surface area contributed by atoms with Gasteiger partial charge < -0.3 is 15.4 Å². The van der Waals surface area contributed by atoms with Gasteiger partial charge in [-0.15, -0.1) is 0 Å². The number of carbonyl (C=O) groups excluding carboxylic acids is 1. The first-order valence-electron chi connectivity index (χ1n) is 6.11. The van der Waals surface area contributed by atoms with Gasteiger partial charge in [-0.05, 0) is 12.8 Å². The third-order valence-electron chi connectivity index (χ3n) is 3.03. The zero-order valence-electron chi connectivity index (χ0n) is 11.7. The molecular weight excluding hydrogens is 232 g/mol. The Morgan fingerprint density at radius 1 is 1.44 bits per heavy atom. The van der Waals surface area contributed by atoms with Crippen molar-refractivity contribution in [3.8, 4) is 0 Å². The predicted octanol–water partition coefficient (Wildman–Crippen LogP) is 1.68. The smallest absolute Gasteiger partial charge is 0.345 e. The van der Waals surface area contributed by atoms with E-state index in [4.69, 9.17) is 10.5 Å². The van der Waals surface area contributed by atoms with Crippen LogP contribution in [0.25, 0.3) is 0 Å². The first-order valence-corrected chi connectivity index (χ1v) is 6.11. The van der Waals surface area contributed by atoms with Gasteiger partial charge in [0.15, 0.2) is 5.82 Å². The second-order valence-electron chi connectivity index (χ2n) is 4.38. The molecule has 0 saturated heterocycles. The molecule has 0 aliphatic heterocycles. The second kappa shape index (κ2) is 5.75. The molecule has 0 bridgehead atoms. The molecule has 6 heteroatoms. The molecule has 0 atom stereocenters. The van der Waals surface area contributed by atoms with E-state index < -0.39 is 5.97 Å². The molecule has 0 spiro atoms. The number of esters is 1. The van der Waals surface area contributed by atoms with Gasteiger partial charge in [-0.2, -0.15) is 5.10 Å². The highest BCUT2D eigenvalue weighted by atomic mass is 16.5. The van der Waals surface area contributed by atoms with Crippen molar-refractivity contribution in [1.82, 2.24) is 9.78 Å². The summed E-state index contributed by atoms with van der Waals surface area (Å²) in [4.78, 5) is 13.6. The maximum atomic E-state index is 11.8. The van der Waals surface area contributed by atoms with Crippen LogP contribution < -0.4 is 10.6 Å². The molecule has 102 valence electrons. The highest BCUT2D eigenvalue weighted by Gasteiger charge is 2.26. The molecule has 1 rings (SSSR count). The van der Waals surface area contributed by atoms with Crippen LogP contribution in [-0.4, -0.2) is 37.0 Å². The Morgan fingerprint density at radius 3 is 2.39 bits per heavy atom. The molecule has 6 nitrogen and oxygen atoms in total. The molecule has 0 fully saturated rings. The maximum absolute atomic E-state index is 11.8. The monoisotopic (exact) mass is 254 g/mol. The number of hydrogen-bond acceptors (Lipinski definition) is 5.